The average Bonchev–Trinajstić information content (AvgIpc) is 3.39. The van der Waals surface area contributed by atoms with Crippen molar-refractivity contribution in [3.63, 3.8) is 0 Å². The standard InChI is InChI=1S/C24H22N4O4S/c1-16-11-21(28(2)27-16)26-22(29)14-31-23(30)13-18-15-33-24(25-18)17-7-6-10-20(12-17)32-19-8-4-3-5-9-19/h3-12,15H,13-14H2,1-2H3,(H,26,29). The quantitative estimate of drug-likeness (QED) is 0.391. The van der Waals surface area contributed by atoms with E-state index in [0.717, 1.165) is 22.0 Å². The zero-order valence-electron chi connectivity index (χ0n) is 18.1. The molecule has 4 aromatic rings. The van der Waals surface area contributed by atoms with Gasteiger partial charge in [-0.2, -0.15) is 5.10 Å². The second kappa shape index (κ2) is 10.1. The fourth-order valence-corrected chi connectivity index (χ4v) is 3.91. The molecule has 0 spiro atoms. The molecule has 2 aromatic carbocycles. The molecule has 0 unspecified atom stereocenters. The highest BCUT2D eigenvalue weighted by Gasteiger charge is 2.14. The van der Waals surface area contributed by atoms with Crippen molar-refractivity contribution in [1.82, 2.24) is 14.8 Å². The number of aryl methyl sites for hydroxylation is 2. The molecule has 168 valence electrons. The van der Waals surface area contributed by atoms with E-state index in [1.807, 2.05) is 61.5 Å². The van der Waals surface area contributed by atoms with Gasteiger partial charge in [0.25, 0.3) is 5.91 Å². The van der Waals surface area contributed by atoms with Crippen LogP contribution in [-0.2, 0) is 27.8 Å². The summed E-state index contributed by atoms with van der Waals surface area (Å²) in [4.78, 5) is 28.7. The van der Waals surface area contributed by atoms with Gasteiger partial charge in [0.05, 0.1) is 17.8 Å². The van der Waals surface area contributed by atoms with Crippen molar-refractivity contribution >= 4 is 29.0 Å². The normalized spacial score (nSPS) is 10.6. The molecule has 1 amide bonds. The van der Waals surface area contributed by atoms with Gasteiger partial charge in [0, 0.05) is 24.1 Å². The smallest absolute Gasteiger partial charge is 0.312 e. The number of rotatable bonds is 8. The van der Waals surface area contributed by atoms with Gasteiger partial charge in [-0.05, 0) is 31.2 Å². The SMILES string of the molecule is Cc1cc(NC(=O)COC(=O)Cc2csc(-c3cccc(Oc4ccccc4)c3)n2)n(C)n1. The van der Waals surface area contributed by atoms with Crippen molar-refractivity contribution in [1.29, 1.82) is 0 Å². The topological polar surface area (TPSA) is 95.3 Å². The van der Waals surface area contributed by atoms with Gasteiger partial charge >= 0.3 is 5.97 Å². The molecule has 0 aliphatic carbocycles. The molecule has 8 nitrogen and oxygen atoms in total. The Labute approximate surface area is 194 Å². The van der Waals surface area contributed by atoms with Crippen LogP contribution in [0.3, 0.4) is 0 Å². The molecule has 0 radical (unpaired) electrons. The first-order valence-corrected chi connectivity index (χ1v) is 11.1. The Morgan fingerprint density at radius 3 is 2.61 bits per heavy atom. The summed E-state index contributed by atoms with van der Waals surface area (Å²) in [6.07, 6.45) is -0.0190. The Kier molecular flexibility index (Phi) is 6.80. The molecule has 0 aliphatic rings. The van der Waals surface area contributed by atoms with Gasteiger partial charge in [0.1, 0.15) is 22.3 Å². The molecule has 0 atom stereocenters. The minimum absolute atomic E-state index is 0.0190. The van der Waals surface area contributed by atoms with E-state index in [9.17, 15) is 9.59 Å². The highest BCUT2D eigenvalue weighted by Crippen LogP contribution is 2.29. The maximum absolute atomic E-state index is 12.2. The molecule has 0 aliphatic heterocycles. The lowest BCUT2D eigenvalue weighted by Gasteiger charge is -2.06. The molecule has 9 heteroatoms. The fourth-order valence-electron chi connectivity index (χ4n) is 3.09. The molecular formula is C24H22N4O4S. The summed E-state index contributed by atoms with van der Waals surface area (Å²) < 4.78 is 12.5. The lowest BCUT2D eigenvalue weighted by atomic mass is 10.2. The maximum atomic E-state index is 12.2. The molecule has 0 saturated carbocycles. The number of aromatic nitrogens is 3. The average molecular weight is 463 g/mol. The Morgan fingerprint density at radius 1 is 1.06 bits per heavy atom. The second-order valence-electron chi connectivity index (χ2n) is 7.27. The maximum Gasteiger partial charge on any atom is 0.312 e. The first-order valence-electron chi connectivity index (χ1n) is 10.2. The lowest BCUT2D eigenvalue weighted by molar-refractivity contribution is -0.146. The number of benzene rings is 2. The van der Waals surface area contributed by atoms with Gasteiger partial charge in [-0.1, -0.05) is 30.3 Å². The van der Waals surface area contributed by atoms with Crippen molar-refractivity contribution in [2.45, 2.75) is 13.3 Å². The molecule has 33 heavy (non-hydrogen) atoms. The highest BCUT2D eigenvalue weighted by molar-refractivity contribution is 7.13. The van der Waals surface area contributed by atoms with Crippen molar-refractivity contribution in [2.24, 2.45) is 7.05 Å². The summed E-state index contributed by atoms with van der Waals surface area (Å²) in [5.74, 6) is 1.03. The fraction of sp³-hybridized carbons (Fsp3) is 0.167. The first kappa shape index (κ1) is 22.2. The van der Waals surface area contributed by atoms with Gasteiger partial charge in [0.15, 0.2) is 6.61 Å². The number of hydrogen-bond acceptors (Lipinski definition) is 7. The second-order valence-corrected chi connectivity index (χ2v) is 8.13. The molecule has 4 rings (SSSR count). The molecule has 2 aromatic heterocycles. The molecule has 0 bridgehead atoms. The predicted molar refractivity (Wildman–Crippen MR) is 125 cm³/mol. The number of anilines is 1. The van der Waals surface area contributed by atoms with Crippen molar-refractivity contribution in [3.05, 3.63) is 77.4 Å². The number of esters is 1. The van der Waals surface area contributed by atoms with Crippen LogP contribution >= 0.6 is 11.3 Å². The van der Waals surface area contributed by atoms with Crippen LogP contribution in [0.25, 0.3) is 10.6 Å². The van der Waals surface area contributed by atoms with E-state index in [2.05, 4.69) is 15.4 Å². The number of hydrogen-bond donors (Lipinski definition) is 1. The van der Waals surface area contributed by atoms with E-state index >= 15 is 0 Å². The van der Waals surface area contributed by atoms with E-state index in [4.69, 9.17) is 9.47 Å². The van der Waals surface area contributed by atoms with Crippen LogP contribution < -0.4 is 10.1 Å². The van der Waals surface area contributed by atoms with E-state index in [1.54, 1.807) is 23.2 Å². The number of thiazole rings is 1. The van der Waals surface area contributed by atoms with E-state index in [-0.39, 0.29) is 13.0 Å². The number of ether oxygens (including phenoxy) is 2. The third kappa shape index (κ3) is 6.05. The van der Waals surface area contributed by atoms with Crippen molar-refractivity contribution in [2.75, 3.05) is 11.9 Å². The van der Waals surface area contributed by atoms with Gasteiger partial charge in [-0.3, -0.25) is 14.3 Å². The van der Waals surface area contributed by atoms with Gasteiger partial charge in [-0.25, -0.2) is 4.98 Å². The van der Waals surface area contributed by atoms with Gasteiger partial charge in [0.2, 0.25) is 0 Å². The molecule has 0 saturated heterocycles. The van der Waals surface area contributed by atoms with Crippen molar-refractivity contribution < 1.29 is 19.1 Å². The van der Waals surface area contributed by atoms with Crippen LogP contribution in [0.1, 0.15) is 11.4 Å². The van der Waals surface area contributed by atoms with E-state index in [0.29, 0.717) is 17.3 Å². The number of nitrogens with one attached hydrogen (secondary N) is 1. The first-order chi connectivity index (χ1) is 16.0. The lowest BCUT2D eigenvalue weighted by Crippen LogP contribution is -2.22. The Bertz CT molecular complexity index is 1270. The zero-order chi connectivity index (χ0) is 23.2. The minimum atomic E-state index is -0.524. The van der Waals surface area contributed by atoms with Crippen LogP contribution in [0.15, 0.2) is 66.0 Å². The van der Waals surface area contributed by atoms with Gasteiger partial charge < -0.3 is 14.8 Å². The third-order valence-electron chi connectivity index (χ3n) is 4.57. The minimum Gasteiger partial charge on any atom is -0.457 e. The largest absolute Gasteiger partial charge is 0.457 e. The molecular weight excluding hydrogens is 440 g/mol. The summed E-state index contributed by atoms with van der Waals surface area (Å²) in [7, 11) is 1.72. The molecule has 0 fully saturated rings. The van der Waals surface area contributed by atoms with Crippen LogP contribution in [-0.4, -0.2) is 33.2 Å². The number of para-hydroxylation sites is 1. The van der Waals surface area contributed by atoms with Crippen molar-refractivity contribution in [3.8, 4) is 22.1 Å². The number of carbonyl (C=O) groups excluding carboxylic acids is 2. The summed E-state index contributed by atoms with van der Waals surface area (Å²) in [5.41, 5.74) is 2.25. The molecule has 2 heterocycles. The highest BCUT2D eigenvalue weighted by atomic mass is 32.1. The Morgan fingerprint density at radius 2 is 1.85 bits per heavy atom. The van der Waals surface area contributed by atoms with Crippen LogP contribution in [0.4, 0.5) is 5.82 Å². The van der Waals surface area contributed by atoms with E-state index < -0.39 is 11.9 Å². The van der Waals surface area contributed by atoms with Crippen LogP contribution in [0.5, 0.6) is 11.5 Å². The third-order valence-corrected chi connectivity index (χ3v) is 5.51. The van der Waals surface area contributed by atoms with E-state index in [1.165, 1.54) is 11.3 Å². The summed E-state index contributed by atoms with van der Waals surface area (Å²) in [5, 5.41) is 9.38. The Hall–Kier alpha value is -3.98. The summed E-state index contributed by atoms with van der Waals surface area (Å²) in [6.45, 7) is 1.45. The zero-order valence-corrected chi connectivity index (χ0v) is 19.0. The molecule has 1 N–H and O–H groups in total. The monoisotopic (exact) mass is 462 g/mol. The summed E-state index contributed by atoms with van der Waals surface area (Å²) >= 11 is 1.43. The predicted octanol–water partition coefficient (Wildman–Crippen LogP) is 4.37. The summed E-state index contributed by atoms with van der Waals surface area (Å²) in [6, 6.07) is 18.9. The Balaban J connectivity index is 1.31. The number of amides is 1. The van der Waals surface area contributed by atoms with Crippen LogP contribution in [0, 0.1) is 6.92 Å². The number of carbonyl (C=O) groups is 2. The van der Waals surface area contributed by atoms with Crippen LogP contribution in [0.2, 0.25) is 0 Å². The van der Waals surface area contributed by atoms with Gasteiger partial charge in [-0.15, -0.1) is 11.3 Å². The number of nitrogens with zero attached hydrogens (tertiary/aromatic N) is 3.